The molecule has 0 aliphatic carbocycles. The van der Waals surface area contributed by atoms with Crippen molar-refractivity contribution in [3.8, 4) is 0 Å². The first-order chi connectivity index (χ1) is 5.49. The zero-order valence-electron chi connectivity index (χ0n) is 6.64. The Labute approximate surface area is 79.7 Å². The van der Waals surface area contributed by atoms with Crippen molar-refractivity contribution in [2.45, 2.75) is 18.6 Å². The smallest absolute Gasteiger partial charge is 0.364 e. The maximum absolute atomic E-state index is 11.8. The van der Waals surface area contributed by atoms with Crippen LogP contribution in [0.5, 0.6) is 0 Å². The van der Waals surface area contributed by atoms with E-state index in [2.05, 4.69) is 4.98 Å². The summed E-state index contributed by atoms with van der Waals surface area (Å²) >= 11 is 0. The average Bonchev–Trinajstić information content (AvgIpc) is 2.32. The number of alkyl halides is 3. The summed E-state index contributed by atoms with van der Waals surface area (Å²) in [5.74, 6) is 0. The highest BCUT2D eigenvalue weighted by atomic mass is 35.5. The summed E-state index contributed by atoms with van der Waals surface area (Å²) in [5, 5.41) is 0. The van der Waals surface area contributed by atoms with E-state index < -0.39 is 18.6 Å². The molecule has 0 aromatic carbocycles. The number of hydrogen-bond donors (Lipinski definition) is 2. The first-order valence-corrected chi connectivity index (χ1v) is 3.44. The fourth-order valence-corrected chi connectivity index (χ4v) is 0.934. The highest BCUT2D eigenvalue weighted by Crippen LogP contribution is 2.26. The van der Waals surface area contributed by atoms with Gasteiger partial charge in [-0.2, -0.15) is 13.2 Å². The van der Waals surface area contributed by atoms with Crippen LogP contribution in [0.4, 0.5) is 13.2 Å². The number of aromatic nitrogens is 1. The number of H-pyrrole nitrogens is 1. The minimum atomic E-state index is -4.20. The maximum Gasteiger partial charge on any atom is 0.390 e. The summed E-state index contributed by atoms with van der Waals surface area (Å²) in [6, 6.07) is 2.17. The molecular formula is C7H10ClF3N2. The first kappa shape index (κ1) is 12.3. The van der Waals surface area contributed by atoms with Gasteiger partial charge in [-0.1, -0.05) is 0 Å². The molecule has 2 nitrogen and oxygen atoms in total. The topological polar surface area (TPSA) is 41.8 Å². The Morgan fingerprint density at radius 2 is 2.08 bits per heavy atom. The van der Waals surface area contributed by atoms with Gasteiger partial charge in [-0.05, 0) is 12.1 Å². The average molecular weight is 215 g/mol. The van der Waals surface area contributed by atoms with Crippen LogP contribution in [0.1, 0.15) is 18.2 Å². The fraction of sp³-hybridized carbons (Fsp3) is 0.429. The molecule has 0 saturated carbocycles. The van der Waals surface area contributed by atoms with Crippen LogP contribution in [-0.2, 0) is 0 Å². The van der Waals surface area contributed by atoms with Crippen molar-refractivity contribution >= 4 is 12.4 Å². The lowest BCUT2D eigenvalue weighted by atomic mass is 10.1. The van der Waals surface area contributed by atoms with Crippen molar-refractivity contribution in [2.75, 3.05) is 0 Å². The van der Waals surface area contributed by atoms with Crippen molar-refractivity contribution in [1.29, 1.82) is 0 Å². The maximum atomic E-state index is 11.8. The van der Waals surface area contributed by atoms with Gasteiger partial charge < -0.3 is 10.7 Å². The molecule has 1 rings (SSSR count). The molecule has 0 amide bonds. The molecule has 0 unspecified atom stereocenters. The largest absolute Gasteiger partial charge is 0.390 e. The molecule has 0 fully saturated rings. The standard InChI is InChI=1S/C7H9F3N2.ClH/c8-7(9,10)4-5(11)6-2-1-3-12-6;/h1-3,5,12H,4,11H2;1H/t5-;/m0./s1. The number of rotatable bonds is 2. The Morgan fingerprint density at radius 3 is 2.46 bits per heavy atom. The van der Waals surface area contributed by atoms with Crippen LogP contribution in [0.2, 0.25) is 0 Å². The summed E-state index contributed by atoms with van der Waals surface area (Å²) in [6.07, 6.45) is -3.65. The summed E-state index contributed by atoms with van der Waals surface area (Å²) in [4.78, 5) is 2.63. The van der Waals surface area contributed by atoms with Crippen molar-refractivity contribution in [3.05, 3.63) is 24.0 Å². The quantitative estimate of drug-likeness (QED) is 0.780. The Morgan fingerprint density at radius 1 is 1.46 bits per heavy atom. The third-order valence-corrected chi connectivity index (χ3v) is 1.47. The molecule has 0 saturated heterocycles. The minimum absolute atomic E-state index is 0. The van der Waals surface area contributed by atoms with E-state index in [4.69, 9.17) is 5.73 Å². The van der Waals surface area contributed by atoms with Crippen molar-refractivity contribution in [1.82, 2.24) is 4.98 Å². The molecule has 1 atom stereocenters. The predicted molar refractivity (Wildman–Crippen MR) is 45.6 cm³/mol. The second-order valence-electron chi connectivity index (χ2n) is 2.55. The van der Waals surface area contributed by atoms with E-state index in [1.165, 1.54) is 6.07 Å². The molecule has 0 spiro atoms. The Kier molecular flexibility index (Phi) is 4.29. The molecule has 13 heavy (non-hydrogen) atoms. The van der Waals surface area contributed by atoms with Gasteiger partial charge in [-0.15, -0.1) is 12.4 Å². The predicted octanol–water partition coefficient (Wildman–Crippen LogP) is 2.39. The molecule has 1 heterocycles. The van der Waals surface area contributed by atoms with Gasteiger partial charge in [0.15, 0.2) is 0 Å². The second-order valence-corrected chi connectivity index (χ2v) is 2.55. The molecular weight excluding hydrogens is 205 g/mol. The van der Waals surface area contributed by atoms with Gasteiger partial charge in [0, 0.05) is 11.9 Å². The van der Waals surface area contributed by atoms with Gasteiger partial charge >= 0.3 is 6.18 Å². The Balaban J connectivity index is 0.00000144. The van der Waals surface area contributed by atoms with Crippen molar-refractivity contribution in [2.24, 2.45) is 5.73 Å². The van der Waals surface area contributed by atoms with Crippen LogP contribution >= 0.6 is 12.4 Å². The van der Waals surface area contributed by atoms with Crippen molar-refractivity contribution in [3.63, 3.8) is 0 Å². The summed E-state index contributed by atoms with van der Waals surface area (Å²) < 4.78 is 35.4. The number of aromatic amines is 1. The lowest BCUT2D eigenvalue weighted by molar-refractivity contribution is -0.138. The molecule has 3 N–H and O–H groups in total. The van der Waals surface area contributed by atoms with E-state index in [1.807, 2.05) is 0 Å². The highest BCUT2D eigenvalue weighted by Gasteiger charge is 2.31. The Hall–Kier alpha value is -0.680. The lowest BCUT2D eigenvalue weighted by Crippen LogP contribution is -2.20. The number of nitrogens with two attached hydrogens (primary N) is 1. The monoisotopic (exact) mass is 214 g/mol. The molecule has 76 valence electrons. The van der Waals surface area contributed by atoms with Crippen LogP contribution in [0.3, 0.4) is 0 Å². The molecule has 0 aliphatic rings. The van der Waals surface area contributed by atoms with Gasteiger partial charge in [0.2, 0.25) is 0 Å². The van der Waals surface area contributed by atoms with Crippen LogP contribution < -0.4 is 5.73 Å². The SMILES string of the molecule is Cl.N[C@@H](CC(F)(F)F)c1ccc[nH]1. The van der Waals surface area contributed by atoms with E-state index in [0.29, 0.717) is 5.69 Å². The van der Waals surface area contributed by atoms with E-state index in [-0.39, 0.29) is 12.4 Å². The zero-order chi connectivity index (χ0) is 9.19. The second kappa shape index (κ2) is 4.53. The normalized spacial score (nSPS) is 13.5. The third-order valence-electron chi connectivity index (χ3n) is 1.47. The van der Waals surface area contributed by atoms with Crippen LogP contribution in [0.25, 0.3) is 0 Å². The minimum Gasteiger partial charge on any atom is -0.364 e. The van der Waals surface area contributed by atoms with Gasteiger partial charge in [-0.25, -0.2) is 0 Å². The van der Waals surface area contributed by atoms with Crippen LogP contribution in [0, 0.1) is 0 Å². The molecule has 6 heteroatoms. The van der Waals surface area contributed by atoms with Gasteiger partial charge in [-0.3, -0.25) is 0 Å². The summed E-state index contributed by atoms with van der Waals surface area (Å²) in [6.45, 7) is 0. The molecule has 1 aromatic rings. The third kappa shape index (κ3) is 4.19. The first-order valence-electron chi connectivity index (χ1n) is 3.44. The van der Waals surface area contributed by atoms with E-state index in [1.54, 1.807) is 12.3 Å². The van der Waals surface area contributed by atoms with Gasteiger partial charge in [0.25, 0.3) is 0 Å². The Bertz CT molecular complexity index is 232. The summed E-state index contributed by atoms with van der Waals surface area (Å²) in [7, 11) is 0. The molecule has 0 aliphatic heterocycles. The van der Waals surface area contributed by atoms with E-state index in [9.17, 15) is 13.2 Å². The van der Waals surface area contributed by atoms with Crippen molar-refractivity contribution < 1.29 is 13.2 Å². The van der Waals surface area contributed by atoms with Gasteiger partial charge in [0.05, 0.1) is 12.5 Å². The number of hydrogen-bond acceptors (Lipinski definition) is 1. The van der Waals surface area contributed by atoms with Gasteiger partial charge in [0.1, 0.15) is 0 Å². The highest BCUT2D eigenvalue weighted by molar-refractivity contribution is 5.85. The summed E-state index contributed by atoms with van der Waals surface area (Å²) in [5.41, 5.74) is 5.68. The van der Waals surface area contributed by atoms with Crippen LogP contribution in [0.15, 0.2) is 18.3 Å². The number of nitrogens with one attached hydrogen (secondary N) is 1. The van der Waals surface area contributed by atoms with E-state index in [0.717, 1.165) is 0 Å². The molecule has 0 bridgehead atoms. The number of halogens is 4. The molecule has 1 aromatic heterocycles. The lowest BCUT2D eigenvalue weighted by Gasteiger charge is -2.12. The van der Waals surface area contributed by atoms with E-state index >= 15 is 0 Å². The fourth-order valence-electron chi connectivity index (χ4n) is 0.934. The zero-order valence-corrected chi connectivity index (χ0v) is 7.45. The van der Waals surface area contributed by atoms with Crippen LogP contribution in [-0.4, -0.2) is 11.2 Å². The molecule has 0 radical (unpaired) electrons.